The molecule has 0 unspecified atom stereocenters. The summed E-state index contributed by atoms with van der Waals surface area (Å²) >= 11 is 4.46. The molecule has 0 aliphatic rings. The molecule has 82 valence electrons. The van der Waals surface area contributed by atoms with E-state index < -0.39 is 0 Å². The number of aromatic nitrogens is 1. The zero-order valence-electron chi connectivity index (χ0n) is 8.33. The van der Waals surface area contributed by atoms with Gasteiger partial charge in [-0.25, -0.2) is 9.37 Å². The van der Waals surface area contributed by atoms with Crippen LogP contribution in [-0.4, -0.2) is 10.8 Å². The lowest BCUT2D eigenvalue weighted by molar-refractivity contribution is 0.102. The zero-order chi connectivity index (χ0) is 11.7. The van der Waals surface area contributed by atoms with Crippen molar-refractivity contribution in [3.05, 3.63) is 39.6 Å². The molecule has 0 atom stereocenters. The van der Waals surface area contributed by atoms with Gasteiger partial charge in [0.25, 0.3) is 0 Å². The van der Waals surface area contributed by atoms with Gasteiger partial charge in [0, 0.05) is 17.6 Å². The molecule has 1 aromatic heterocycles. The second-order valence-electron chi connectivity index (χ2n) is 3.18. The number of ketones is 1. The topological polar surface area (TPSA) is 30.0 Å². The Morgan fingerprint density at radius 3 is 2.81 bits per heavy atom. The fraction of sp³-hybridized carbons (Fsp3) is 0.0909. The zero-order valence-corrected chi connectivity index (χ0v) is 10.7. The van der Waals surface area contributed by atoms with Crippen molar-refractivity contribution in [2.24, 2.45) is 0 Å². The largest absolute Gasteiger partial charge is 0.294 e. The molecule has 0 aliphatic carbocycles. The monoisotopic (exact) mass is 299 g/mol. The summed E-state index contributed by atoms with van der Waals surface area (Å²) in [6.07, 6.45) is 1.47. The third kappa shape index (κ3) is 2.05. The van der Waals surface area contributed by atoms with Gasteiger partial charge in [-0.05, 0) is 28.1 Å². The molecular formula is C11H7BrFNOS. The lowest BCUT2D eigenvalue weighted by Crippen LogP contribution is -1.84. The maximum atomic E-state index is 13.6. The number of benzene rings is 1. The van der Waals surface area contributed by atoms with Gasteiger partial charge in [-0.1, -0.05) is 6.07 Å². The van der Waals surface area contributed by atoms with Crippen LogP contribution < -0.4 is 0 Å². The number of carbonyl (C=O) groups is 1. The first-order valence-corrected chi connectivity index (χ1v) is 6.11. The number of nitrogens with zero attached hydrogens (tertiary/aromatic N) is 1. The molecule has 1 heterocycles. The molecule has 0 aliphatic heterocycles. The maximum absolute atomic E-state index is 13.6. The van der Waals surface area contributed by atoms with Gasteiger partial charge >= 0.3 is 0 Å². The third-order valence-corrected chi connectivity index (χ3v) is 3.81. The third-order valence-electron chi connectivity index (χ3n) is 2.03. The van der Waals surface area contributed by atoms with E-state index in [0.717, 1.165) is 0 Å². The molecule has 0 saturated heterocycles. The molecule has 16 heavy (non-hydrogen) atoms. The molecule has 0 radical (unpaired) electrons. The van der Waals surface area contributed by atoms with Crippen molar-refractivity contribution < 1.29 is 9.18 Å². The van der Waals surface area contributed by atoms with E-state index in [0.29, 0.717) is 19.9 Å². The molecule has 0 spiro atoms. The molecular weight excluding hydrogens is 293 g/mol. The first-order chi connectivity index (χ1) is 7.59. The van der Waals surface area contributed by atoms with E-state index in [1.165, 1.54) is 30.5 Å². The summed E-state index contributed by atoms with van der Waals surface area (Å²) in [6.45, 7) is 1.47. The van der Waals surface area contributed by atoms with E-state index in [4.69, 9.17) is 0 Å². The van der Waals surface area contributed by atoms with E-state index in [1.807, 2.05) is 0 Å². The quantitative estimate of drug-likeness (QED) is 0.787. The molecule has 0 amide bonds. The summed E-state index contributed by atoms with van der Waals surface area (Å²) in [5.41, 5.74) is 0.403. The van der Waals surface area contributed by atoms with Gasteiger partial charge in [-0.2, -0.15) is 0 Å². The SMILES string of the molecule is CC(=O)c1cnc(-c2c(F)cccc2Br)s1. The standard InChI is InChI=1S/C11H7BrFNOS/c1-6(15)9-5-14-11(16-9)10-7(12)3-2-4-8(10)13/h2-5H,1H3. The second kappa shape index (κ2) is 4.43. The van der Waals surface area contributed by atoms with Crippen LogP contribution in [0.15, 0.2) is 28.9 Å². The van der Waals surface area contributed by atoms with Crippen molar-refractivity contribution in [1.29, 1.82) is 0 Å². The van der Waals surface area contributed by atoms with E-state index in [-0.39, 0.29) is 11.6 Å². The normalized spacial score (nSPS) is 10.4. The van der Waals surface area contributed by atoms with Crippen molar-refractivity contribution in [3.8, 4) is 10.6 Å². The van der Waals surface area contributed by atoms with Crippen LogP contribution >= 0.6 is 27.3 Å². The van der Waals surface area contributed by atoms with Gasteiger partial charge in [-0.3, -0.25) is 4.79 Å². The van der Waals surface area contributed by atoms with E-state index in [9.17, 15) is 9.18 Å². The minimum absolute atomic E-state index is 0.0591. The van der Waals surface area contributed by atoms with Gasteiger partial charge in [0.2, 0.25) is 0 Å². The Bertz CT molecular complexity index is 532. The molecule has 2 aromatic rings. The first-order valence-electron chi connectivity index (χ1n) is 4.50. The highest BCUT2D eigenvalue weighted by molar-refractivity contribution is 9.10. The van der Waals surface area contributed by atoms with Crippen LogP contribution in [0.3, 0.4) is 0 Å². The predicted molar refractivity (Wildman–Crippen MR) is 65.2 cm³/mol. The highest BCUT2D eigenvalue weighted by Crippen LogP contribution is 2.33. The number of hydrogen-bond donors (Lipinski definition) is 0. The Morgan fingerprint density at radius 1 is 1.50 bits per heavy atom. The second-order valence-corrected chi connectivity index (χ2v) is 5.07. The summed E-state index contributed by atoms with van der Waals surface area (Å²) in [5, 5.41) is 0.509. The van der Waals surface area contributed by atoms with E-state index in [1.54, 1.807) is 12.1 Å². The number of hydrogen-bond acceptors (Lipinski definition) is 3. The van der Waals surface area contributed by atoms with Crippen LogP contribution in [0.1, 0.15) is 16.6 Å². The Balaban J connectivity index is 2.54. The fourth-order valence-electron chi connectivity index (χ4n) is 1.25. The summed E-state index contributed by atoms with van der Waals surface area (Å²) in [7, 11) is 0. The average Bonchev–Trinajstić information content (AvgIpc) is 2.66. The minimum atomic E-state index is -0.348. The van der Waals surface area contributed by atoms with Crippen LogP contribution in [0.5, 0.6) is 0 Å². The van der Waals surface area contributed by atoms with Crippen LogP contribution in [0.4, 0.5) is 4.39 Å². The average molecular weight is 300 g/mol. The van der Waals surface area contributed by atoms with Gasteiger partial charge in [0.05, 0.1) is 10.4 Å². The smallest absolute Gasteiger partial charge is 0.171 e. The number of halogens is 2. The summed E-state index contributed by atoms with van der Waals surface area (Å²) in [6, 6.07) is 4.73. The molecule has 1 aromatic carbocycles. The van der Waals surface area contributed by atoms with Crippen molar-refractivity contribution in [3.63, 3.8) is 0 Å². The number of thiazole rings is 1. The molecule has 5 heteroatoms. The van der Waals surface area contributed by atoms with Crippen molar-refractivity contribution in [2.45, 2.75) is 6.92 Å². The van der Waals surface area contributed by atoms with Crippen LogP contribution in [0.25, 0.3) is 10.6 Å². The van der Waals surface area contributed by atoms with Crippen LogP contribution in [-0.2, 0) is 0 Å². The van der Waals surface area contributed by atoms with Gasteiger partial charge in [-0.15, -0.1) is 11.3 Å². The Hall–Kier alpha value is -1.07. The summed E-state index contributed by atoms with van der Waals surface area (Å²) < 4.78 is 14.2. The minimum Gasteiger partial charge on any atom is -0.294 e. The van der Waals surface area contributed by atoms with Gasteiger partial charge in [0.1, 0.15) is 10.8 Å². The van der Waals surface area contributed by atoms with Gasteiger partial charge < -0.3 is 0 Å². The highest BCUT2D eigenvalue weighted by Gasteiger charge is 2.14. The maximum Gasteiger partial charge on any atom is 0.171 e. The Kier molecular flexibility index (Phi) is 3.16. The van der Waals surface area contributed by atoms with Crippen molar-refractivity contribution in [1.82, 2.24) is 4.98 Å². The summed E-state index contributed by atoms with van der Waals surface area (Å²) in [4.78, 5) is 15.7. The van der Waals surface area contributed by atoms with E-state index >= 15 is 0 Å². The molecule has 0 bridgehead atoms. The lowest BCUT2D eigenvalue weighted by atomic mass is 10.2. The highest BCUT2D eigenvalue weighted by atomic mass is 79.9. The van der Waals surface area contributed by atoms with E-state index in [2.05, 4.69) is 20.9 Å². The first kappa shape index (κ1) is 11.4. The van der Waals surface area contributed by atoms with Crippen molar-refractivity contribution in [2.75, 3.05) is 0 Å². The predicted octanol–water partition coefficient (Wildman–Crippen LogP) is 3.91. The number of carbonyl (C=O) groups excluding carboxylic acids is 1. The fourth-order valence-corrected chi connectivity index (χ4v) is 2.79. The molecule has 0 N–H and O–H groups in total. The molecule has 2 rings (SSSR count). The van der Waals surface area contributed by atoms with Crippen LogP contribution in [0.2, 0.25) is 0 Å². The van der Waals surface area contributed by atoms with Crippen molar-refractivity contribution >= 4 is 33.0 Å². The number of Topliss-reactive ketones (excluding diaryl/α,β-unsaturated/α-hetero) is 1. The Labute approximate surface area is 104 Å². The molecule has 2 nitrogen and oxygen atoms in total. The Morgan fingerprint density at radius 2 is 2.25 bits per heavy atom. The lowest BCUT2D eigenvalue weighted by Gasteiger charge is -2.01. The molecule has 0 fully saturated rings. The van der Waals surface area contributed by atoms with Crippen LogP contribution in [0, 0.1) is 5.82 Å². The summed E-state index contributed by atoms with van der Waals surface area (Å²) in [5.74, 6) is -0.407. The molecule has 0 saturated carbocycles. The van der Waals surface area contributed by atoms with Gasteiger partial charge in [0.15, 0.2) is 5.78 Å². The number of rotatable bonds is 2.